The second-order valence-corrected chi connectivity index (χ2v) is 4.34. The Kier molecular flexibility index (Phi) is 3.30. The summed E-state index contributed by atoms with van der Waals surface area (Å²) in [6.45, 7) is 0.493. The van der Waals surface area contributed by atoms with Gasteiger partial charge in [-0.15, -0.1) is 0 Å². The van der Waals surface area contributed by atoms with Crippen LogP contribution in [-0.2, 0) is 13.6 Å². The lowest BCUT2D eigenvalue weighted by atomic mass is 10.6. The lowest BCUT2D eigenvalue weighted by Crippen LogP contribution is -2.10. The molecule has 0 aliphatic rings. The summed E-state index contributed by atoms with van der Waals surface area (Å²) in [6, 6.07) is 0. The van der Waals surface area contributed by atoms with Crippen molar-refractivity contribution >= 4 is 17.5 Å². The molecule has 3 rings (SSSR count). The third-order valence-corrected chi connectivity index (χ3v) is 2.83. The first-order valence-corrected chi connectivity index (χ1v) is 6.20. The monoisotopic (exact) mass is 290 g/mol. The van der Waals surface area contributed by atoms with Crippen LogP contribution < -0.4 is 5.32 Å². The maximum Gasteiger partial charge on any atom is 0.241 e. The Morgan fingerprint density at radius 3 is 2.80 bits per heavy atom. The molecule has 0 atom stereocenters. The predicted molar refractivity (Wildman–Crippen MR) is 72.5 cm³/mol. The van der Waals surface area contributed by atoms with Gasteiger partial charge in [-0.1, -0.05) is 0 Å². The van der Waals surface area contributed by atoms with Crippen molar-refractivity contribution in [3.8, 4) is 5.95 Å². The maximum atomic E-state index is 5.90. The molecule has 0 aromatic carbocycles. The molecule has 0 aliphatic carbocycles. The molecule has 0 radical (unpaired) electrons. The van der Waals surface area contributed by atoms with Gasteiger partial charge in [-0.05, 0) is 11.6 Å². The minimum Gasteiger partial charge on any atom is -0.347 e. The number of nitrogens with zero attached hydrogens (tertiary/aromatic N) is 7. The lowest BCUT2D eigenvalue weighted by molar-refractivity contribution is 0.803. The second-order valence-electron chi connectivity index (χ2n) is 4.01. The average molecular weight is 291 g/mol. The van der Waals surface area contributed by atoms with E-state index in [0.717, 1.165) is 5.82 Å². The Balaban J connectivity index is 1.81. The molecule has 20 heavy (non-hydrogen) atoms. The number of hydrogen-bond acceptors (Lipinski definition) is 6. The van der Waals surface area contributed by atoms with Gasteiger partial charge < -0.3 is 9.88 Å². The van der Waals surface area contributed by atoms with Gasteiger partial charge >= 0.3 is 0 Å². The van der Waals surface area contributed by atoms with Crippen molar-refractivity contribution in [3.63, 3.8) is 0 Å². The van der Waals surface area contributed by atoms with Crippen molar-refractivity contribution < 1.29 is 0 Å². The van der Waals surface area contributed by atoms with Gasteiger partial charge in [0.25, 0.3) is 0 Å². The fraction of sp³-hybridized carbons (Fsp3) is 0.182. The van der Waals surface area contributed by atoms with Gasteiger partial charge in [0.15, 0.2) is 0 Å². The first kappa shape index (κ1) is 12.5. The first-order valence-electron chi connectivity index (χ1n) is 5.82. The molecular formula is C11H11ClN8. The molecule has 9 heteroatoms. The van der Waals surface area contributed by atoms with Crippen molar-refractivity contribution in [1.82, 2.24) is 34.1 Å². The molecule has 0 saturated heterocycles. The van der Waals surface area contributed by atoms with Crippen LogP contribution in [0.3, 0.4) is 0 Å². The fourth-order valence-corrected chi connectivity index (χ4v) is 1.79. The number of rotatable bonds is 4. The number of anilines is 1. The number of halogens is 1. The van der Waals surface area contributed by atoms with Crippen LogP contribution in [0.4, 0.5) is 5.95 Å². The van der Waals surface area contributed by atoms with Gasteiger partial charge in [0.05, 0.1) is 6.54 Å². The minimum absolute atomic E-state index is 0.117. The summed E-state index contributed by atoms with van der Waals surface area (Å²) in [6.07, 6.45) is 8.56. The summed E-state index contributed by atoms with van der Waals surface area (Å²) in [4.78, 5) is 20.5. The third-order valence-electron chi connectivity index (χ3n) is 2.66. The Hall–Kier alpha value is -2.48. The highest BCUT2D eigenvalue weighted by Gasteiger charge is 2.07. The van der Waals surface area contributed by atoms with Crippen LogP contribution in [0.2, 0.25) is 5.28 Å². The fourth-order valence-electron chi connectivity index (χ4n) is 1.64. The second kappa shape index (κ2) is 5.25. The van der Waals surface area contributed by atoms with E-state index < -0.39 is 0 Å². The van der Waals surface area contributed by atoms with E-state index in [2.05, 4.69) is 30.2 Å². The molecule has 0 bridgehead atoms. The van der Waals surface area contributed by atoms with Gasteiger partial charge in [0.1, 0.15) is 12.2 Å². The van der Waals surface area contributed by atoms with Gasteiger partial charge in [-0.2, -0.15) is 15.0 Å². The number of nitrogens with one attached hydrogen (secondary N) is 1. The van der Waals surface area contributed by atoms with Crippen LogP contribution in [-0.4, -0.2) is 34.1 Å². The van der Waals surface area contributed by atoms with Gasteiger partial charge in [-0.3, -0.25) is 4.57 Å². The molecule has 1 N–H and O–H groups in total. The van der Waals surface area contributed by atoms with Crippen LogP contribution in [0.5, 0.6) is 0 Å². The normalized spacial score (nSPS) is 10.7. The summed E-state index contributed by atoms with van der Waals surface area (Å²) in [7, 11) is 1.92. The van der Waals surface area contributed by atoms with Crippen molar-refractivity contribution in [3.05, 3.63) is 42.2 Å². The first-order chi connectivity index (χ1) is 9.72. The van der Waals surface area contributed by atoms with Crippen molar-refractivity contribution in [2.75, 3.05) is 5.32 Å². The molecule has 102 valence electrons. The Bertz CT molecular complexity index is 705. The van der Waals surface area contributed by atoms with Crippen molar-refractivity contribution in [2.24, 2.45) is 7.05 Å². The molecule has 0 aliphatic heterocycles. The minimum atomic E-state index is 0.117. The number of hydrogen-bond donors (Lipinski definition) is 1. The van der Waals surface area contributed by atoms with E-state index in [1.54, 1.807) is 29.5 Å². The van der Waals surface area contributed by atoms with Crippen LogP contribution in [0, 0.1) is 0 Å². The zero-order chi connectivity index (χ0) is 13.9. The smallest absolute Gasteiger partial charge is 0.241 e. The Morgan fingerprint density at radius 2 is 2.10 bits per heavy atom. The van der Waals surface area contributed by atoms with Crippen LogP contribution >= 0.6 is 11.6 Å². The zero-order valence-electron chi connectivity index (χ0n) is 10.6. The van der Waals surface area contributed by atoms with Gasteiger partial charge in [-0.25, -0.2) is 9.97 Å². The highest BCUT2D eigenvalue weighted by Crippen LogP contribution is 2.10. The molecule has 0 saturated carbocycles. The molecular weight excluding hydrogens is 280 g/mol. The quantitative estimate of drug-likeness (QED) is 0.773. The van der Waals surface area contributed by atoms with Crippen molar-refractivity contribution in [1.29, 1.82) is 0 Å². The molecule has 0 spiro atoms. The van der Waals surface area contributed by atoms with Crippen LogP contribution in [0.1, 0.15) is 5.82 Å². The van der Waals surface area contributed by atoms with E-state index in [1.807, 2.05) is 17.8 Å². The van der Waals surface area contributed by atoms with Gasteiger partial charge in [0, 0.05) is 31.8 Å². The van der Waals surface area contributed by atoms with E-state index in [-0.39, 0.29) is 5.28 Å². The summed E-state index contributed by atoms with van der Waals surface area (Å²) >= 11 is 5.90. The molecule has 8 nitrogen and oxygen atoms in total. The molecule has 3 heterocycles. The predicted octanol–water partition coefficient (Wildman–Crippen LogP) is 1.06. The average Bonchev–Trinajstić information content (AvgIpc) is 3.07. The molecule has 3 aromatic rings. The Morgan fingerprint density at radius 1 is 1.20 bits per heavy atom. The zero-order valence-corrected chi connectivity index (χ0v) is 11.4. The molecule has 0 unspecified atom stereocenters. The number of imidazole rings is 2. The summed E-state index contributed by atoms with van der Waals surface area (Å²) in [5.74, 6) is 1.66. The molecule has 3 aromatic heterocycles. The largest absolute Gasteiger partial charge is 0.347 e. The lowest BCUT2D eigenvalue weighted by Gasteiger charge is -2.07. The van der Waals surface area contributed by atoms with Crippen molar-refractivity contribution in [2.45, 2.75) is 6.54 Å². The maximum absolute atomic E-state index is 5.90. The molecule has 0 amide bonds. The van der Waals surface area contributed by atoms with Crippen LogP contribution in [0.15, 0.2) is 31.1 Å². The topological polar surface area (TPSA) is 86.3 Å². The third kappa shape index (κ3) is 2.59. The number of aryl methyl sites for hydroxylation is 1. The highest BCUT2D eigenvalue weighted by molar-refractivity contribution is 6.28. The summed E-state index contributed by atoms with van der Waals surface area (Å²) in [5, 5.41) is 3.18. The van der Waals surface area contributed by atoms with E-state index >= 15 is 0 Å². The number of aromatic nitrogens is 7. The van der Waals surface area contributed by atoms with Gasteiger partial charge in [0.2, 0.25) is 17.2 Å². The van der Waals surface area contributed by atoms with E-state index in [0.29, 0.717) is 18.4 Å². The van der Waals surface area contributed by atoms with E-state index in [9.17, 15) is 0 Å². The summed E-state index contributed by atoms with van der Waals surface area (Å²) < 4.78 is 3.56. The van der Waals surface area contributed by atoms with Crippen LogP contribution in [0.25, 0.3) is 5.95 Å². The van der Waals surface area contributed by atoms with E-state index in [4.69, 9.17) is 11.6 Å². The molecule has 0 fully saturated rings. The highest BCUT2D eigenvalue weighted by atomic mass is 35.5. The SMILES string of the molecule is Cn1ccnc1CNc1nc(Cl)nc(-n2ccnc2)n1. The summed E-state index contributed by atoms with van der Waals surface area (Å²) in [5.41, 5.74) is 0. The van der Waals surface area contributed by atoms with E-state index in [1.165, 1.54) is 0 Å². The standard InChI is InChI=1S/C11H11ClN8/c1-19-4-3-14-8(19)6-15-10-16-9(12)17-11(18-10)20-5-2-13-7-20/h2-5,7H,6H2,1H3,(H,15,16,17,18). The Labute approximate surface area is 119 Å².